The zero-order valence-electron chi connectivity index (χ0n) is 10.6. The smallest absolute Gasteiger partial charge is 0.303 e. The predicted molar refractivity (Wildman–Crippen MR) is 71.4 cm³/mol. The number of rotatable bonds is 8. The minimum atomic E-state index is -3.54. The minimum Gasteiger partial charge on any atom is -0.481 e. The fourth-order valence-corrected chi connectivity index (χ4v) is 2.69. The summed E-state index contributed by atoms with van der Waals surface area (Å²) in [6.45, 7) is 0.299. The van der Waals surface area contributed by atoms with Crippen LogP contribution in [0, 0.1) is 0 Å². The Kier molecular flexibility index (Phi) is 5.78. The molecule has 0 fully saturated rings. The van der Waals surface area contributed by atoms with E-state index in [1.807, 2.05) is 0 Å². The second kappa shape index (κ2) is 7.10. The number of carboxylic acids is 1. The number of sulfonamides is 1. The summed E-state index contributed by atoms with van der Waals surface area (Å²) < 4.78 is 31.0. The van der Waals surface area contributed by atoms with Crippen molar-refractivity contribution in [3.05, 3.63) is 29.8 Å². The quantitative estimate of drug-likeness (QED) is 0.754. The topological polar surface area (TPSA) is 92.7 Å². The summed E-state index contributed by atoms with van der Waals surface area (Å²) in [7, 11) is -2.01. The van der Waals surface area contributed by atoms with Gasteiger partial charge in [-0.1, -0.05) is 18.2 Å². The fourth-order valence-electron chi connectivity index (χ4n) is 1.53. The maximum Gasteiger partial charge on any atom is 0.303 e. The molecule has 7 heteroatoms. The molecule has 0 saturated heterocycles. The van der Waals surface area contributed by atoms with Crippen molar-refractivity contribution in [1.29, 1.82) is 0 Å². The number of carboxylic acid groups (broad SMARTS) is 1. The maximum absolute atomic E-state index is 11.8. The number of carbonyl (C=O) groups is 1. The average molecular weight is 287 g/mol. The first-order valence-electron chi connectivity index (χ1n) is 5.74. The van der Waals surface area contributed by atoms with Gasteiger partial charge in [0.15, 0.2) is 0 Å². The molecule has 2 N–H and O–H groups in total. The highest BCUT2D eigenvalue weighted by atomic mass is 32.2. The summed E-state index contributed by atoms with van der Waals surface area (Å²) >= 11 is 0. The van der Waals surface area contributed by atoms with Gasteiger partial charge in [0, 0.05) is 19.1 Å². The summed E-state index contributed by atoms with van der Waals surface area (Å²) in [5, 5.41) is 8.48. The summed E-state index contributed by atoms with van der Waals surface area (Å²) in [5.41, 5.74) is 1.19. The van der Waals surface area contributed by atoms with Gasteiger partial charge in [-0.05, 0) is 12.5 Å². The zero-order chi connectivity index (χ0) is 14.3. The van der Waals surface area contributed by atoms with Gasteiger partial charge in [-0.25, -0.2) is 8.42 Å². The van der Waals surface area contributed by atoms with Crippen molar-refractivity contribution in [2.45, 2.75) is 19.4 Å². The minimum absolute atomic E-state index is 0.0805. The first-order valence-corrected chi connectivity index (χ1v) is 7.39. The van der Waals surface area contributed by atoms with Gasteiger partial charge >= 0.3 is 5.97 Å². The molecule has 6 nitrogen and oxygen atoms in total. The molecule has 0 atom stereocenters. The van der Waals surface area contributed by atoms with E-state index in [4.69, 9.17) is 9.84 Å². The van der Waals surface area contributed by atoms with E-state index in [0.29, 0.717) is 12.3 Å². The molecule has 106 valence electrons. The van der Waals surface area contributed by atoms with Crippen LogP contribution in [0.15, 0.2) is 24.3 Å². The first-order chi connectivity index (χ1) is 8.94. The van der Waals surface area contributed by atoms with Crippen LogP contribution in [0.25, 0.3) is 0 Å². The molecule has 0 radical (unpaired) electrons. The van der Waals surface area contributed by atoms with Gasteiger partial charge in [-0.3, -0.25) is 9.52 Å². The molecule has 0 saturated carbocycles. The maximum atomic E-state index is 11.8. The van der Waals surface area contributed by atoms with Crippen molar-refractivity contribution in [2.75, 3.05) is 17.6 Å². The van der Waals surface area contributed by atoms with Gasteiger partial charge in [0.05, 0.1) is 18.0 Å². The van der Waals surface area contributed by atoms with E-state index in [1.54, 1.807) is 24.3 Å². The van der Waals surface area contributed by atoms with Gasteiger partial charge in [0.1, 0.15) is 0 Å². The van der Waals surface area contributed by atoms with Crippen LogP contribution in [0.4, 0.5) is 5.69 Å². The molecule has 0 amide bonds. The Bertz CT molecular complexity index is 527. The molecule has 19 heavy (non-hydrogen) atoms. The van der Waals surface area contributed by atoms with Gasteiger partial charge < -0.3 is 9.84 Å². The van der Waals surface area contributed by atoms with Crippen molar-refractivity contribution in [1.82, 2.24) is 0 Å². The molecule has 0 spiro atoms. The van der Waals surface area contributed by atoms with Crippen LogP contribution >= 0.6 is 0 Å². The molecule has 1 rings (SSSR count). The van der Waals surface area contributed by atoms with E-state index >= 15 is 0 Å². The number of benzene rings is 1. The van der Waals surface area contributed by atoms with Crippen molar-refractivity contribution in [2.24, 2.45) is 0 Å². The molecule has 0 unspecified atom stereocenters. The third-order valence-corrected chi connectivity index (χ3v) is 3.74. The Labute approximate surface area is 112 Å². The Balaban J connectivity index is 2.69. The van der Waals surface area contributed by atoms with E-state index < -0.39 is 16.0 Å². The number of nitrogens with one attached hydrogen (secondary N) is 1. The molecular weight excluding hydrogens is 270 g/mol. The number of methoxy groups -OCH3 is 1. The van der Waals surface area contributed by atoms with Crippen LogP contribution in [0.2, 0.25) is 0 Å². The molecule has 0 aliphatic heterocycles. The summed E-state index contributed by atoms with van der Waals surface area (Å²) in [6.07, 6.45) is -0.0856. The second-order valence-electron chi connectivity index (χ2n) is 4.01. The van der Waals surface area contributed by atoms with Crippen LogP contribution in [-0.2, 0) is 26.2 Å². The molecule has 1 aromatic rings. The van der Waals surface area contributed by atoms with Gasteiger partial charge in [0.25, 0.3) is 0 Å². The first kappa shape index (κ1) is 15.5. The highest BCUT2D eigenvalue weighted by molar-refractivity contribution is 7.92. The third kappa shape index (κ3) is 5.71. The van der Waals surface area contributed by atoms with Crippen LogP contribution in [0.3, 0.4) is 0 Å². The lowest BCUT2D eigenvalue weighted by atomic mass is 10.2. The number of anilines is 1. The Hall–Kier alpha value is -1.60. The molecule has 1 aromatic carbocycles. The molecule has 0 aromatic heterocycles. The van der Waals surface area contributed by atoms with E-state index in [2.05, 4.69) is 4.72 Å². The number of aliphatic carboxylic acids is 1. The molecule has 0 aliphatic carbocycles. The van der Waals surface area contributed by atoms with E-state index in [0.717, 1.165) is 5.56 Å². The number of ether oxygens (including phenoxy) is 1. The van der Waals surface area contributed by atoms with Crippen LogP contribution in [-0.4, -0.2) is 32.4 Å². The summed E-state index contributed by atoms with van der Waals surface area (Å²) in [4.78, 5) is 10.4. The Morgan fingerprint density at radius 1 is 1.37 bits per heavy atom. The average Bonchev–Trinajstić information content (AvgIpc) is 2.31. The van der Waals surface area contributed by atoms with Crippen LogP contribution < -0.4 is 4.72 Å². The highest BCUT2D eigenvalue weighted by Crippen LogP contribution is 2.17. The number of hydrogen-bond donors (Lipinski definition) is 2. The van der Waals surface area contributed by atoms with Crippen LogP contribution in [0.1, 0.15) is 18.4 Å². The fraction of sp³-hybridized carbons (Fsp3) is 0.417. The van der Waals surface area contributed by atoms with Gasteiger partial charge in [-0.2, -0.15) is 0 Å². The monoisotopic (exact) mass is 287 g/mol. The number of para-hydroxylation sites is 1. The van der Waals surface area contributed by atoms with E-state index in [-0.39, 0.29) is 18.6 Å². The summed E-state index contributed by atoms with van der Waals surface area (Å²) in [6, 6.07) is 6.91. The van der Waals surface area contributed by atoms with Gasteiger partial charge in [0.2, 0.25) is 10.0 Å². The van der Waals surface area contributed by atoms with E-state index in [1.165, 1.54) is 7.11 Å². The molecule has 0 bridgehead atoms. The third-order valence-electron chi connectivity index (χ3n) is 2.39. The molecule has 0 heterocycles. The second-order valence-corrected chi connectivity index (χ2v) is 5.85. The Morgan fingerprint density at radius 2 is 2.05 bits per heavy atom. The number of hydrogen-bond acceptors (Lipinski definition) is 4. The zero-order valence-corrected chi connectivity index (χ0v) is 11.4. The van der Waals surface area contributed by atoms with Gasteiger partial charge in [-0.15, -0.1) is 0 Å². The van der Waals surface area contributed by atoms with Crippen molar-refractivity contribution >= 4 is 21.7 Å². The van der Waals surface area contributed by atoms with Crippen molar-refractivity contribution in [3.63, 3.8) is 0 Å². The van der Waals surface area contributed by atoms with Crippen molar-refractivity contribution < 1.29 is 23.1 Å². The molecular formula is C12H17NO5S. The van der Waals surface area contributed by atoms with Crippen molar-refractivity contribution in [3.8, 4) is 0 Å². The predicted octanol–water partition coefficient (Wildman–Crippen LogP) is 1.44. The summed E-state index contributed by atoms with van der Waals surface area (Å²) in [5.74, 6) is -1.23. The van der Waals surface area contributed by atoms with E-state index in [9.17, 15) is 13.2 Å². The van der Waals surface area contributed by atoms with Crippen LogP contribution in [0.5, 0.6) is 0 Å². The largest absolute Gasteiger partial charge is 0.481 e. The lowest BCUT2D eigenvalue weighted by molar-refractivity contribution is -0.137. The lowest BCUT2D eigenvalue weighted by Gasteiger charge is -2.11. The molecule has 0 aliphatic rings. The normalized spacial score (nSPS) is 11.2. The lowest BCUT2D eigenvalue weighted by Crippen LogP contribution is -2.18. The standard InChI is InChI=1S/C12H17NO5S/c1-18-9-10-5-2-3-6-11(10)13-19(16,17)8-4-7-12(14)15/h2-3,5-6,13H,4,7-9H2,1H3,(H,14,15). The highest BCUT2D eigenvalue weighted by Gasteiger charge is 2.13. The Morgan fingerprint density at radius 3 is 2.68 bits per heavy atom. The SMILES string of the molecule is COCc1ccccc1NS(=O)(=O)CCCC(=O)O.